The summed E-state index contributed by atoms with van der Waals surface area (Å²) in [5.74, 6) is 0.616. The summed E-state index contributed by atoms with van der Waals surface area (Å²) in [7, 11) is 0. The van der Waals surface area contributed by atoms with Gasteiger partial charge in [0, 0.05) is 30.3 Å². The molecule has 0 radical (unpaired) electrons. The number of para-hydroxylation sites is 1. The number of ether oxygens (including phenoxy) is 1. The van der Waals surface area contributed by atoms with Gasteiger partial charge in [-0.25, -0.2) is 4.99 Å². The number of fused-ring (bicyclic) bond motifs is 1. The first-order valence-corrected chi connectivity index (χ1v) is 12.2. The van der Waals surface area contributed by atoms with Gasteiger partial charge in [-0.2, -0.15) is 0 Å². The van der Waals surface area contributed by atoms with Crippen LogP contribution in [0, 0.1) is 11.8 Å². The zero-order chi connectivity index (χ0) is 25.0. The van der Waals surface area contributed by atoms with Crippen molar-refractivity contribution < 1.29 is 14.3 Å². The highest BCUT2D eigenvalue weighted by atomic mass is 16.5. The standard InChI is InChI=1S/C27H33N5O3/c1-26(2)14-22(33)32(25(28)31-26)23(16-8-7-11-29-15-16)18-12-19(18)24(34)30-20-13-27(3,4)35-21-10-6-5-9-17(20)21/h5-11,15,18-20,23H,12-14H2,1-4H3,(H2,28,31)(H,30,34). The maximum atomic E-state index is 13.5. The summed E-state index contributed by atoms with van der Waals surface area (Å²) >= 11 is 0. The number of rotatable bonds is 5. The van der Waals surface area contributed by atoms with E-state index in [1.165, 1.54) is 0 Å². The number of hydrogen-bond acceptors (Lipinski definition) is 6. The van der Waals surface area contributed by atoms with Crippen molar-refractivity contribution >= 4 is 17.8 Å². The third kappa shape index (κ3) is 4.61. The molecule has 1 aliphatic carbocycles. The number of nitrogens with two attached hydrogens (primary N) is 1. The van der Waals surface area contributed by atoms with E-state index in [4.69, 9.17) is 10.5 Å². The van der Waals surface area contributed by atoms with Crippen LogP contribution in [0.25, 0.3) is 0 Å². The number of guanidine groups is 1. The lowest BCUT2D eigenvalue weighted by Gasteiger charge is -2.38. The van der Waals surface area contributed by atoms with Crippen LogP contribution in [-0.4, -0.2) is 38.8 Å². The number of carbonyl (C=O) groups excluding carboxylic acids is 2. The Balaban J connectivity index is 1.39. The number of aliphatic imine (C=N–C) groups is 1. The fourth-order valence-corrected chi connectivity index (χ4v) is 5.50. The molecular formula is C27H33N5O3. The van der Waals surface area contributed by atoms with Crippen LogP contribution in [0.15, 0.2) is 53.8 Å². The van der Waals surface area contributed by atoms with Gasteiger partial charge in [0.05, 0.1) is 24.0 Å². The molecule has 0 saturated heterocycles. The molecule has 2 aromatic rings. The minimum Gasteiger partial charge on any atom is -0.487 e. The van der Waals surface area contributed by atoms with Gasteiger partial charge in [-0.3, -0.25) is 19.5 Å². The van der Waals surface area contributed by atoms with Gasteiger partial charge in [0.1, 0.15) is 11.4 Å². The van der Waals surface area contributed by atoms with Crippen molar-refractivity contribution in [2.75, 3.05) is 0 Å². The Morgan fingerprint density at radius 2 is 1.97 bits per heavy atom. The summed E-state index contributed by atoms with van der Waals surface area (Å²) in [6, 6.07) is 11.1. The molecule has 2 aliphatic heterocycles. The molecule has 0 spiro atoms. The number of benzene rings is 1. The maximum Gasteiger partial charge on any atom is 0.232 e. The average molecular weight is 476 g/mol. The summed E-state index contributed by atoms with van der Waals surface area (Å²) in [6.07, 6.45) is 5.05. The normalized spacial score (nSPS) is 27.2. The van der Waals surface area contributed by atoms with Crippen LogP contribution in [0.5, 0.6) is 5.75 Å². The van der Waals surface area contributed by atoms with E-state index in [-0.39, 0.29) is 53.7 Å². The molecule has 4 unspecified atom stereocenters. The molecule has 5 rings (SSSR count). The van der Waals surface area contributed by atoms with E-state index in [0.717, 1.165) is 16.9 Å². The first kappa shape index (κ1) is 23.3. The summed E-state index contributed by atoms with van der Waals surface area (Å²) in [4.78, 5) is 37.1. The van der Waals surface area contributed by atoms with Crippen LogP contribution in [0.4, 0.5) is 0 Å². The predicted octanol–water partition coefficient (Wildman–Crippen LogP) is 3.50. The highest BCUT2D eigenvalue weighted by Crippen LogP contribution is 2.51. The minimum atomic E-state index is -0.541. The summed E-state index contributed by atoms with van der Waals surface area (Å²) in [5.41, 5.74) is 7.25. The van der Waals surface area contributed by atoms with Gasteiger partial charge in [0.2, 0.25) is 11.8 Å². The fraction of sp³-hybridized carbons (Fsp3) is 0.481. The van der Waals surface area contributed by atoms with E-state index >= 15 is 0 Å². The Morgan fingerprint density at radius 1 is 1.20 bits per heavy atom. The number of amides is 2. The number of hydrogen-bond donors (Lipinski definition) is 2. The quantitative estimate of drug-likeness (QED) is 0.688. The second-order valence-corrected chi connectivity index (χ2v) is 11.1. The zero-order valence-corrected chi connectivity index (χ0v) is 20.7. The molecule has 3 N–H and O–H groups in total. The van der Waals surface area contributed by atoms with E-state index in [1.807, 2.05) is 64.1 Å². The molecule has 1 aromatic heterocycles. The Hall–Kier alpha value is -3.42. The SMILES string of the molecule is CC1(C)CC(=O)N(C(c2cccnc2)C2CC2C(=O)NC2CC(C)(C)Oc3ccccc32)C(N)=N1. The number of aromatic nitrogens is 1. The van der Waals surface area contributed by atoms with Crippen molar-refractivity contribution in [2.45, 2.75) is 70.2 Å². The van der Waals surface area contributed by atoms with Gasteiger partial charge >= 0.3 is 0 Å². The van der Waals surface area contributed by atoms with Crippen molar-refractivity contribution in [3.05, 3.63) is 59.9 Å². The van der Waals surface area contributed by atoms with Gasteiger partial charge in [-0.1, -0.05) is 24.3 Å². The van der Waals surface area contributed by atoms with Crippen LogP contribution in [0.1, 0.15) is 70.2 Å². The largest absolute Gasteiger partial charge is 0.487 e. The van der Waals surface area contributed by atoms with E-state index in [1.54, 1.807) is 17.3 Å². The number of nitrogens with zero attached hydrogens (tertiary/aromatic N) is 3. The van der Waals surface area contributed by atoms with Gasteiger partial charge in [-0.05, 0) is 57.7 Å². The van der Waals surface area contributed by atoms with Crippen molar-refractivity contribution in [1.82, 2.24) is 15.2 Å². The molecule has 1 fully saturated rings. The molecular weight excluding hydrogens is 442 g/mol. The number of pyridine rings is 1. The summed E-state index contributed by atoms with van der Waals surface area (Å²) in [6.45, 7) is 7.86. The molecule has 3 aliphatic rings. The molecule has 2 amide bonds. The summed E-state index contributed by atoms with van der Waals surface area (Å²) < 4.78 is 6.11. The fourth-order valence-electron chi connectivity index (χ4n) is 5.50. The smallest absolute Gasteiger partial charge is 0.232 e. The molecule has 8 nitrogen and oxygen atoms in total. The third-order valence-electron chi connectivity index (χ3n) is 7.10. The minimum absolute atomic E-state index is 0.0123. The molecule has 0 bridgehead atoms. The van der Waals surface area contributed by atoms with Crippen LogP contribution in [-0.2, 0) is 9.59 Å². The first-order valence-electron chi connectivity index (χ1n) is 12.2. The highest BCUT2D eigenvalue weighted by molar-refractivity contribution is 5.99. The Morgan fingerprint density at radius 3 is 2.69 bits per heavy atom. The predicted molar refractivity (Wildman–Crippen MR) is 132 cm³/mol. The van der Waals surface area contributed by atoms with Crippen LogP contribution in [0.3, 0.4) is 0 Å². The third-order valence-corrected chi connectivity index (χ3v) is 7.10. The molecule has 3 heterocycles. The van der Waals surface area contributed by atoms with Gasteiger partial charge < -0.3 is 15.8 Å². The van der Waals surface area contributed by atoms with Crippen molar-refractivity contribution in [3.63, 3.8) is 0 Å². The van der Waals surface area contributed by atoms with E-state index < -0.39 is 5.54 Å². The molecule has 184 valence electrons. The van der Waals surface area contributed by atoms with Gasteiger partial charge in [0.15, 0.2) is 5.96 Å². The monoisotopic (exact) mass is 475 g/mol. The Bertz CT molecular complexity index is 1180. The number of carbonyl (C=O) groups is 2. The topological polar surface area (TPSA) is 110 Å². The lowest BCUT2D eigenvalue weighted by atomic mass is 9.89. The van der Waals surface area contributed by atoms with Gasteiger partial charge in [-0.15, -0.1) is 0 Å². The Kier molecular flexibility index (Phi) is 5.57. The molecule has 1 aromatic carbocycles. The Labute approximate surface area is 206 Å². The highest BCUT2D eigenvalue weighted by Gasteiger charge is 2.53. The van der Waals surface area contributed by atoms with E-state index in [2.05, 4.69) is 15.3 Å². The van der Waals surface area contributed by atoms with E-state index in [0.29, 0.717) is 12.8 Å². The van der Waals surface area contributed by atoms with Crippen LogP contribution in [0.2, 0.25) is 0 Å². The zero-order valence-electron chi connectivity index (χ0n) is 20.7. The first-order chi connectivity index (χ1) is 16.5. The molecule has 4 atom stereocenters. The molecule has 1 saturated carbocycles. The number of nitrogens with one attached hydrogen (secondary N) is 1. The lowest BCUT2D eigenvalue weighted by molar-refractivity contribution is -0.132. The van der Waals surface area contributed by atoms with Crippen LogP contribution >= 0.6 is 0 Å². The van der Waals surface area contributed by atoms with Crippen molar-refractivity contribution in [3.8, 4) is 5.75 Å². The maximum absolute atomic E-state index is 13.5. The van der Waals surface area contributed by atoms with Crippen molar-refractivity contribution in [2.24, 2.45) is 22.6 Å². The second-order valence-electron chi connectivity index (χ2n) is 11.1. The van der Waals surface area contributed by atoms with Gasteiger partial charge in [0.25, 0.3) is 0 Å². The average Bonchev–Trinajstić information content (AvgIpc) is 3.56. The molecule has 8 heteroatoms. The van der Waals surface area contributed by atoms with Crippen LogP contribution < -0.4 is 15.8 Å². The van der Waals surface area contributed by atoms with Crippen molar-refractivity contribution in [1.29, 1.82) is 0 Å². The molecule has 35 heavy (non-hydrogen) atoms. The summed E-state index contributed by atoms with van der Waals surface area (Å²) in [5, 5.41) is 3.27. The van der Waals surface area contributed by atoms with E-state index in [9.17, 15) is 9.59 Å². The lowest BCUT2D eigenvalue weighted by Crippen LogP contribution is -2.52. The second kappa shape index (κ2) is 8.36.